The van der Waals surface area contributed by atoms with Gasteiger partial charge in [-0.2, -0.15) is 0 Å². The van der Waals surface area contributed by atoms with Crippen molar-refractivity contribution in [2.24, 2.45) is 0 Å². The van der Waals surface area contributed by atoms with Gasteiger partial charge >= 0.3 is 0 Å². The first-order chi connectivity index (χ1) is 28.7. The van der Waals surface area contributed by atoms with Gasteiger partial charge in [-0.3, -0.25) is 0 Å². The lowest BCUT2D eigenvalue weighted by molar-refractivity contribution is 0.477. The molecule has 0 bridgehead atoms. The number of rotatable bonds is 6. The Balaban J connectivity index is 1.15. The summed E-state index contributed by atoms with van der Waals surface area (Å²) in [6.07, 6.45) is 0. The van der Waals surface area contributed by atoms with Gasteiger partial charge in [0.25, 0.3) is 0 Å². The van der Waals surface area contributed by atoms with Gasteiger partial charge in [-0.15, -0.1) is 0 Å². The maximum Gasteiger partial charge on any atom is 0.160 e. The molecule has 0 aliphatic carbocycles. The smallest absolute Gasteiger partial charge is 0.160 e. The Labute approximate surface area is 341 Å². The van der Waals surface area contributed by atoms with Crippen LogP contribution in [0.5, 0.6) is 11.5 Å². The largest absolute Gasteiger partial charge is 0.453 e. The van der Waals surface area contributed by atoms with E-state index in [1.807, 2.05) is 36.4 Å². The van der Waals surface area contributed by atoms with Crippen molar-refractivity contribution in [3.63, 3.8) is 0 Å². The number of hydrogen-bond acceptors (Lipinski definition) is 6. The SMILES string of the molecule is c1ccc(-c2ccc(-c3nc(-c4ccccc4)cc(-c4cc(N5c6ccccc6Oc6ccccc65)cc(N5c6ccccc6Sc6ccccc65)c4)n3)cc2)cc1. The number of fused-ring (bicyclic) bond motifs is 4. The lowest BCUT2D eigenvalue weighted by atomic mass is 10.0. The molecule has 0 N–H and O–H groups in total. The second-order valence-electron chi connectivity index (χ2n) is 14.3. The molecular weight excluding hydrogens is 729 g/mol. The fourth-order valence-corrected chi connectivity index (χ4v) is 8.95. The van der Waals surface area contributed by atoms with E-state index in [0.717, 1.165) is 79.3 Å². The van der Waals surface area contributed by atoms with Crippen molar-refractivity contribution in [2.75, 3.05) is 9.80 Å². The standard InChI is InChI=1S/C52H34N4OS/c1-3-15-35(16-4-1)36-27-29-38(30-28-36)52-53-42(37-17-5-2-6-18-37)34-43(54-52)39-31-40(55-44-19-7-11-23-48(44)57-49-24-12-8-20-45(49)55)33-41(32-39)56-46-21-9-13-25-50(46)58-51-26-14-10-22-47(51)56/h1-34H. The minimum atomic E-state index is 0.662. The topological polar surface area (TPSA) is 41.5 Å². The third-order valence-corrected chi connectivity index (χ3v) is 11.8. The maximum absolute atomic E-state index is 6.47. The first-order valence-electron chi connectivity index (χ1n) is 19.3. The molecule has 2 aliphatic rings. The van der Waals surface area contributed by atoms with E-state index in [9.17, 15) is 0 Å². The van der Waals surface area contributed by atoms with Crippen molar-refractivity contribution < 1.29 is 4.74 Å². The van der Waals surface area contributed by atoms with Gasteiger partial charge in [0.2, 0.25) is 0 Å². The Bertz CT molecular complexity index is 2760. The Morgan fingerprint density at radius 3 is 1.36 bits per heavy atom. The number of aromatic nitrogens is 2. The van der Waals surface area contributed by atoms with Crippen LogP contribution in [0.25, 0.3) is 45.0 Å². The number of hydrogen-bond donors (Lipinski definition) is 0. The van der Waals surface area contributed by atoms with Crippen LogP contribution in [-0.2, 0) is 0 Å². The van der Waals surface area contributed by atoms with Crippen molar-refractivity contribution in [1.82, 2.24) is 9.97 Å². The first-order valence-corrected chi connectivity index (χ1v) is 20.1. The summed E-state index contributed by atoms with van der Waals surface area (Å²) in [6, 6.07) is 72.0. The molecule has 0 radical (unpaired) electrons. The molecule has 0 unspecified atom stereocenters. The highest BCUT2D eigenvalue weighted by Gasteiger charge is 2.29. The second-order valence-corrected chi connectivity index (χ2v) is 15.3. The van der Waals surface area contributed by atoms with Crippen molar-refractivity contribution >= 4 is 45.9 Å². The summed E-state index contributed by atoms with van der Waals surface area (Å²) in [5.74, 6) is 2.26. The number of nitrogens with zero attached hydrogens (tertiary/aromatic N) is 4. The van der Waals surface area contributed by atoms with Crippen LogP contribution >= 0.6 is 11.8 Å². The fraction of sp³-hybridized carbons (Fsp3) is 0. The molecule has 0 spiro atoms. The van der Waals surface area contributed by atoms with Crippen molar-refractivity contribution in [1.29, 1.82) is 0 Å². The Kier molecular flexibility index (Phi) is 8.34. The van der Waals surface area contributed by atoms with Crippen LogP contribution in [0.4, 0.5) is 34.1 Å². The van der Waals surface area contributed by atoms with Gasteiger partial charge < -0.3 is 14.5 Å². The maximum atomic E-state index is 6.47. The summed E-state index contributed by atoms with van der Waals surface area (Å²) in [6.45, 7) is 0. The molecule has 11 rings (SSSR count). The summed E-state index contributed by atoms with van der Waals surface area (Å²) in [5, 5.41) is 0. The zero-order chi connectivity index (χ0) is 38.4. The van der Waals surface area contributed by atoms with Gasteiger partial charge in [0, 0.05) is 37.9 Å². The average Bonchev–Trinajstić information content (AvgIpc) is 3.30. The molecule has 0 amide bonds. The van der Waals surface area contributed by atoms with Crippen LogP contribution in [0.15, 0.2) is 216 Å². The molecule has 0 atom stereocenters. The molecule has 2 aliphatic heterocycles. The van der Waals surface area contributed by atoms with Crippen LogP contribution < -0.4 is 14.5 Å². The van der Waals surface area contributed by atoms with Crippen molar-refractivity contribution in [3.05, 3.63) is 206 Å². The zero-order valence-corrected chi connectivity index (χ0v) is 32.1. The Morgan fingerprint density at radius 1 is 0.345 bits per heavy atom. The lowest BCUT2D eigenvalue weighted by Gasteiger charge is -2.36. The highest BCUT2D eigenvalue weighted by atomic mass is 32.2. The molecule has 3 heterocycles. The van der Waals surface area contributed by atoms with Gasteiger partial charge in [0.1, 0.15) is 0 Å². The van der Waals surface area contributed by atoms with Crippen molar-refractivity contribution in [3.8, 4) is 56.5 Å². The molecule has 0 saturated carbocycles. The predicted octanol–water partition coefficient (Wildman–Crippen LogP) is 14.7. The molecule has 1 aromatic heterocycles. The minimum absolute atomic E-state index is 0.662. The van der Waals surface area contributed by atoms with Gasteiger partial charge in [-0.25, -0.2) is 9.97 Å². The summed E-state index contributed by atoms with van der Waals surface area (Å²) in [5.41, 5.74) is 13.1. The monoisotopic (exact) mass is 762 g/mol. The fourth-order valence-electron chi connectivity index (χ4n) is 7.89. The van der Waals surface area contributed by atoms with E-state index in [1.165, 1.54) is 15.4 Å². The number of anilines is 6. The van der Waals surface area contributed by atoms with Gasteiger partial charge in [-0.1, -0.05) is 145 Å². The van der Waals surface area contributed by atoms with Gasteiger partial charge in [0.15, 0.2) is 17.3 Å². The summed E-state index contributed by atoms with van der Waals surface area (Å²) >= 11 is 1.80. The average molecular weight is 763 g/mol. The van der Waals surface area contributed by atoms with Gasteiger partial charge in [0.05, 0.1) is 34.1 Å². The normalized spacial score (nSPS) is 12.5. The third kappa shape index (κ3) is 6.08. The highest BCUT2D eigenvalue weighted by molar-refractivity contribution is 7.99. The van der Waals surface area contributed by atoms with Crippen LogP contribution in [0.2, 0.25) is 0 Å². The lowest BCUT2D eigenvalue weighted by Crippen LogP contribution is -2.18. The highest BCUT2D eigenvalue weighted by Crippen LogP contribution is 2.55. The molecular formula is C52H34N4OS. The number of ether oxygens (including phenoxy) is 1. The minimum Gasteiger partial charge on any atom is -0.453 e. The quantitative estimate of drug-likeness (QED) is 0.168. The summed E-state index contributed by atoms with van der Waals surface area (Å²) < 4.78 is 6.47. The molecule has 9 aromatic rings. The molecule has 8 aromatic carbocycles. The number of benzene rings is 8. The van der Waals surface area contributed by atoms with E-state index in [-0.39, 0.29) is 0 Å². The first kappa shape index (κ1) is 33.9. The van der Waals surface area contributed by atoms with E-state index >= 15 is 0 Å². The van der Waals surface area contributed by atoms with Gasteiger partial charge in [-0.05, 0) is 83.9 Å². The molecule has 58 heavy (non-hydrogen) atoms. The Hall–Kier alpha value is -7.41. The molecule has 0 saturated heterocycles. The van der Waals surface area contributed by atoms with E-state index in [4.69, 9.17) is 14.7 Å². The number of para-hydroxylation sites is 6. The van der Waals surface area contributed by atoms with E-state index in [2.05, 4.69) is 180 Å². The zero-order valence-electron chi connectivity index (χ0n) is 31.2. The van der Waals surface area contributed by atoms with Crippen molar-refractivity contribution in [2.45, 2.75) is 9.79 Å². The van der Waals surface area contributed by atoms with Crippen LogP contribution in [-0.4, -0.2) is 9.97 Å². The third-order valence-electron chi connectivity index (χ3n) is 10.6. The summed E-state index contributed by atoms with van der Waals surface area (Å²) in [7, 11) is 0. The second kappa shape index (κ2) is 14.3. The van der Waals surface area contributed by atoms with E-state index in [1.54, 1.807) is 11.8 Å². The predicted molar refractivity (Wildman–Crippen MR) is 237 cm³/mol. The van der Waals surface area contributed by atoms with Crippen LogP contribution in [0, 0.1) is 0 Å². The Morgan fingerprint density at radius 2 is 0.776 bits per heavy atom. The molecule has 6 heteroatoms. The van der Waals surface area contributed by atoms with E-state index in [0.29, 0.717) is 5.82 Å². The van der Waals surface area contributed by atoms with Crippen LogP contribution in [0.1, 0.15) is 0 Å². The summed E-state index contributed by atoms with van der Waals surface area (Å²) in [4.78, 5) is 17.7. The van der Waals surface area contributed by atoms with E-state index < -0.39 is 0 Å². The molecule has 274 valence electrons. The molecule has 0 fully saturated rings. The van der Waals surface area contributed by atoms with Crippen LogP contribution in [0.3, 0.4) is 0 Å². The molecule has 5 nitrogen and oxygen atoms in total.